The molecule has 0 saturated heterocycles. The minimum absolute atomic E-state index is 0.0323. The van der Waals surface area contributed by atoms with E-state index in [0.717, 1.165) is 12.5 Å². The summed E-state index contributed by atoms with van der Waals surface area (Å²) in [5.41, 5.74) is -0.00226. The van der Waals surface area contributed by atoms with E-state index in [-0.39, 0.29) is 23.6 Å². The number of rotatable bonds is 4. The van der Waals surface area contributed by atoms with Gasteiger partial charge in [-0.15, -0.1) is 6.42 Å². The summed E-state index contributed by atoms with van der Waals surface area (Å²) >= 11 is 0. The Morgan fingerprint density at radius 2 is 2.15 bits per heavy atom. The average Bonchev–Trinajstić information content (AvgIpc) is 2.43. The number of terminal acetylenes is 1. The van der Waals surface area contributed by atoms with Crippen LogP contribution in [0.4, 0.5) is 9.18 Å². The number of carboxylic acid groups (broad SMARTS) is 1. The molecule has 1 aromatic rings. The number of benzene rings is 1. The van der Waals surface area contributed by atoms with Gasteiger partial charge in [0.25, 0.3) is 5.91 Å². The normalized spacial score (nSPS) is 11.5. The largest absolute Gasteiger partial charge is 0.465 e. The van der Waals surface area contributed by atoms with Gasteiger partial charge >= 0.3 is 6.09 Å². The molecule has 1 N–H and O–H groups in total. The van der Waals surface area contributed by atoms with Crippen molar-refractivity contribution in [3.8, 4) is 12.3 Å². The van der Waals surface area contributed by atoms with E-state index in [1.54, 1.807) is 0 Å². The van der Waals surface area contributed by atoms with Crippen LogP contribution in [0.3, 0.4) is 0 Å². The highest BCUT2D eigenvalue weighted by atomic mass is 19.1. The fourth-order valence-electron chi connectivity index (χ4n) is 1.61. The zero-order chi connectivity index (χ0) is 15.3. The molecule has 0 aliphatic carbocycles. The van der Waals surface area contributed by atoms with E-state index in [9.17, 15) is 14.0 Å². The van der Waals surface area contributed by atoms with E-state index in [1.807, 2.05) is 13.8 Å². The third-order valence-electron chi connectivity index (χ3n) is 3.04. The molecule has 0 aliphatic heterocycles. The summed E-state index contributed by atoms with van der Waals surface area (Å²) in [4.78, 5) is 24.0. The number of hydrogen-bond acceptors (Lipinski definition) is 2. The van der Waals surface area contributed by atoms with Gasteiger partial charge in [0.2, 0.25) is 0 Å². The van der Waals surface area contributed by atoms with Gasteiger partial charge in [0.1, 0.15) is 5.82 Å². The van der Waals surface area contributed by atoms with Crippen molar-refractivity contribution in [1.29, 1.82) is 0 Å². The Labute approximate surface area is 117 Å². The predicted octanol–water partition coefficient (Wildman–Crippen LogP) is 2.97. The van der Waals surface area contributed by atoms with Crippen molar-refractivity contribution in [3.05, 3.63) is 35.1 Å². The van der Waals surface area contributed by atoms with E-state index < -0.39 is 17.8 Å². The molecule has 5 heteroatoms. The lowest BCUT2D eigenvalue weighted by Crippen LogP contribution is -2.38. The zero-order valence-electron chi connectivity index (χ0n) is 11.4. The van der Waals surface area contributed by atoms with Gasteiger partial charge in [0.05, 0.1) is 5.56 Å². The SMILES string of the molecule is C#Cc1ccc(C(=O)N(CC(C)CC)C(=O)O)cc1F. The first kappa shape index (κ1) is 15.7. The van der Waals surface area contributed by atoms with Gasteiger partial charge in [-0.3, -0.25) is 4.79 Å². The molecule has 1 aromatic carbocycles. The summed E-state index contributed by atoms with van der Waals surface area (Å²) in [7, 11) is 0. The van der Waals surface area contributed by atoms with Crippen LogP contribution in [0.25, 0.3) is 0 Å². The first-order chi connectivity index (χ1) is 9.40. The highest BCUT2D eigenvalue weighted by Gasteiger charge is 2.24. The van der Waals surface area contributed by atoms with E-state index >= 15 is 0 Å². The van der Waals surface area contributed by atoms with Crippen molar-refractivity contribution in [3.63, 3.8) is 0 Å². The van der Waals surface area contributed by atoms with Crippen LogP contribution in [-0.4, -0.2) is 28.6 Å². The van der Waals surface area contributed by atoms with Gasteiger partial charge in [-0.05, 0) is 24.1 Å². The van der Waals surface area contributed by atoms with Crippen LogP contribution in [0.5, 0.6) is 0 Å². The number of halogens is 1. The predicted molar refractivity (Wildman–Crippen MR) is 72.9 cm³/mol. The second kappa shape index (κ2) is 6.71. The molecule has 0 saturated carbocycles. The first-order valence-electron chi connectivity index (χ1n) is 6.21. The molecule has 1 rings (SSSR count). The number of hydrogen-bond donors (Lipinski definition) is 1. The standard InChI is InChI=1S/C15H16FNO3/c1-4-10(3)9-17(15(19)20)14(18)12-7-6-11(5-2)13(16)8-12/h2,6-8,10H,4,9H2,1,3H3,(H,19,20). The molecule has 0 heterocycles. The van der Waals surface area contributed by atoms with Crippen molar-refractivity contribution in [2.45, 2.75) is 20.3 Å². The lowest BCUT2D eigenvalue weighted by molar-refractivity contribution is 0.0717. The first-order valence-corrected chi connectivity index (χ1v) is 6.21. The Morgan fingerprint density at radius 1 is 1.50 bits per heavy atom. The number of carbonyl (C=O) groups excluding carboxylic acids is 1. The zero-order valence-corrected chi connectivity index (χ0v) is 11.4. The highest BCUT2D eigenvalue weighted by molar-refractivity contribution is 6.02. The van der Waals surface area contributed by atoms with Crippen molar-refractivity contribution in [2.24, 2.45) is 5.92 Å². The molecule has 20 heavy (non-hydrogen) atoms. The van der Waals surface area contributed by atoms with E-state index in [0.29, 0.717) is 4.90 Å². The maximum absolute atomic E-state index is 13.5. The third kappa shape index (κ3) is 3.58. The third-order valence-corrected chi connectivity index (χ3v) is 3.04. The monoisotopic (exact) mass is 277 g/mol. The van der Waals surface area contributed by atoms with Crippen LogP contribution < -0.4 is 0 Å². The maximum Gasteiger partial charge on any atom is 0.414 e. The highest BCUT2D eigenvalue weighted by Crippen LogP contribution is 2.14. The Kier molecular flexibility index (Phi) is 5.27. The van der Waals surface area contributed by atoms with Gasteiger partial charge < -0.3 is 5.11 Å². The smallest absolute Gasteiger partial charge is 0.414 e. The molecule has 0 aliphatic rings. The molecule has 2 amide bonds. The van der Waals surface area contributed by atoms with Crippen molar-refractivity contribution < 1.29 is 19.1 Å². The second-order valence-electron chi connectivity index (χ2n) is 4.55. The molecule has 4 nitrogen and oxygen atoms in total. The van der Waals surface area contributed by atoms with E-state index in [4.69, 9.17) is 11.5 Å². The molecule has 1 unspecified atom stereocenters. The molecule has 0 spiro atoms. The molecular weight excluding hydrogens is 261 g/mol. The van der Waals surface area contributed by atoms with Gasteiger partial charge in [-0.1, -0.05) is 26.2 Å². The fraction of sp³-hybridized carbons (Fsp3) is 0.333. The second-order valence-corrected chi connectivity index (χ2v) is 4.55. The van der Waals surface area contributed by atoms with Crippen LogP contribution >= 0.6 is 0 Å². The summed E-state index contributed by atoms with van der Waals surface area (Å²) < 4.78 is 13.5. The number of imide groups is 1. The summed E-state index contributed by atoms with van der Waals surface area (Å²) in [6.45, 7) is 3.81. The molecule has 0 aromatic heterocycles. The quantitative estimate of drug-likeness (QED) is 0.861. The number of amides is 2. The Balaban J connectivity index is 3.04. The molecule has 0 radical (unpaired) electrons. The van der Waals surface area contributed by atoms with Crippen LogP contribution in [-0.2, 0) is 0 Å². The molecule has 0 fully saturated rings. The topological polar surface area (TPSA) is 57.6 Å². The molecule has 106 valence electrons. The number of carbonyl (C=O) groups is 2. The van der Waals surface area contributed by atoms with Crippen molar-refractivity contribution >= 4 is 12.0 Å². The lowest BCUT2D eigenvalue weighted by atomic mass is 10.1. The van der Waals surface area contributed by atoms with Crippen LogP contribution in [0.15, 0.2) is 18.2 Å². The fourth-order valence-corrected chi connectivity index (χ4v) is 1.61. The van der Waals surface area contributed by atoms with Crippen molar-refractivity contribution in [2.75, 3.05) is 6.54 Å². The van der Waals surface area contributed by atoms with Gasteiger partial charge in [0, 0.05) is 12.1 Å². The van der Waals surface area contributed by atoms with Crippen LogP contribution in [0.1, 0.15) is 36.2 Å². The van der Waals surface area contributed by atoms with Crippen LogP contribution in [0.2, 0.25) is 0 Å². The Hall–Kier alpha value is -2.35. The van der Waals surface area contributed by atoms with Gasteiger partial charge in [0.15, 0.2) is 0 Å². The van der Waals surface area contributed by atoms with Gasteiger partial charge in [-0.25, -0.2) is 14.1 Å². The van der Waals surface area contributed by atoms with Crippen molar-refractivity contribution in [1.82, 2.24) is 4.90 Å². The summed E-state index contributed by atoms with van der Waals surface area (Å²) in [6, 6.07) is 3.57. The maximum atomic E-state index is 13.5. The Bertz CT molecular complexity index is 563. The van der Waals surface area contributed by atoms with Gasteiger partial charge in [-0.2, -0.15) is 0 Å². The lowest BCUT2D eigenvalue weighted by Gasteiger charge is -2.20. The minimum Gasteiger partial charge on any atom is -0.465 e. The molecule has 0 bridgehead atoms. The van der Waals surface area contributed by atoms with Crippen LogP contribution in [0, 0.1) is 24.1 Å². The van der Waals surface area contributed by atoms with E-state index in [1.165, 1.54) is 12.1 Å². The average molecular weight is 277 g/mol. The number of nitrogens with zero attached hydrogens (tertiary/aromatic N) is 1. The Morgan fingerprint density at radius 3 is 2.60 bits per heavy atom. The molecule has 1 atom stereocenters. The minimum atomic E-state index is -1.35. The summed E-state index contributed by atoms with van der Waals surface area (Å²) in [6.07, 6.45) is 4.48. The molecular formula is C15H16FNO3. The summed E-state index contributed by atoms with van der Waals surface area (Å²) in [5, 5.41) is 9.10. The summed E-state index contributed by atoms with van der Waals surface area (Å²) in [5.74, 6) is 0.706. The van der Waals surface area contributed by atoms with E-state index in [2.05, 4.69) is 5.92 Å².